The highest BCUT2D eigenvalue weighted by atomic mass is 35.5. The third kappa shape index (κ3) is 3.79. The molecule has 0 saturated carbocycles. The van der Waals surface area contributed by atoms with E-state index >= 15 is 0 Å². The number of nitrogens with one attached hydrogen (secondary N) is 1. The van der Waals surface area contributed by atoms with Crippen molar-refractivity contribution in [2.45, 2.75) is 12.8 Å². The van der Waals surface area contributed by atoms with Crippen LogP contribution in [0.2, 0.25) is 0 Å². The maximum absolute atomic E-state index is 11.3. The molecule has 0 aliphatic carbocycles. The molecule has 0 aliphatic rings. The smallest absolute Gasteiger partial charge is 0.252 e. The Labute approximate surface area is 86.9 Å². The van der Waals surface area contributed by atoms with E-state index in [4.69, 9.17) is 11.6 Å². The maximum atomic E-state index is 11.3. The molecule has 72 valence electrons. The molecule has 0 fully saturated rings. The quantitative estimate of drug-likeness (QED) is 0.596. The summed E-state index contributed by atoms with van der Waals surface area (Å²) >= 11 is 7.04. The first-order valence-electron chi connectivity index (χ1n) is 4.21. The molecule has 4 heteroatoms. The summed E-state index contributed by atoms with van der Waals surface area (Å²) in [5, 5.41) is 6.57. The van der Waals surface area contributed by atoms with Crippen molar-refractivity contribution in [3.8, 4) is 0 Å². The number of hydrogen-bond donors (Lipinski definition) is 1. The van der Waals surface area contributed by atoms with Crippen LogP contribution in [0, 0.1) is 0 Å². The molecule has 1 amide bonds. The largest absolute Gasteiger partial charge is 0.352 e. The average Bonchev–Trinajstić information content (AvgIpc) is 2.65. The number of carbonyl (C=O) groups is 1. The van der Waals surface area contributed by atoms with E-state index in [0.717, 1.165) is 18.4 Å². The molecule has 0 atom stereocenters. The van der Waals surface area contributed by atoms with Gasteiger partial charge < -0.3 is 5.32 Å². The highest BCUT2D eigenvalue weighted by Gasteiger charge is 2.03. The topological polar surface area (TPSA) is 29.1 Å². The lowest BCUT2D eigenvalue weighted by molar-refractivity contribution is 0.0953. The normalized spacial score (nSPS) is 9.92. The van der Waals surface area contributed by atoms with Crippen molar-refractivity contribution in [1.29, 1.82) is 0 Å². The highest BCUT2D eigenvalue weighted by Crippen LogP contribution is 2.05. The van der Waals surface area contributed by atoms with Crippen molar-refractivity contribution in [3.05, 3.63) is 22.4 Å². The second-order valence-corrected chi connectivity index (χ2v) is 3.82. The third-order valence-corrected chi connectivity index (χ3v) is 2.58. The van der Waals surface area contributed by atoms with Crippen molar-refractivity contribution >= 4 is 28.8 Å². The van der Waals surface area contributed by atoms with Gasteiger partial charge in [-0.3, -0.25) is 4.79 Å². The van der Waals surface area contributed by atoms with Crippen LogP contribution in [0.1, 0.15) is 23.2 Å². The number of amides is 1. The molecule has 0 unspecified atom stereocenters. The second-order valence-electron chi connectivity index (χ2n) is 2.66. The van der Waals surface area contributed by atoms with Gasteiger partial charge in [0.25, 0.3) is 5.91 Å². The number of carbonyl (C=O) groups excluding carboxylic acids is 1. The molecular formula is C9H12ClNOS. The SMILES string of the molecule is O=C(NCCCCCl)c1ccsc1. The predicted octanol–water partition coefficient (Wildman–Crippen LogP) is 2.50. The minimum Gasteiger partial charge on any atom is -0.352 e. The van der Waals surface area contributed by atoms with E-state index in [2.05, 4.69) is 5.32 Å². The summed E-state index contributed by atoms with van der Waals surface area (Å²) in [5.41, 5.74) is 0.746. The standard InChI is InChI=1S/C9H12ClNOS/c10-4-1-2-5-11-9(12)8-3-6-13-7-8/h3,6-7H,1-2,4-5H2,(H,11,12). The Morgan fingerprint density at radius 1 is 1.54 bits per heavy atom. The Morgan fingerprint density at radius 2 is 2.38 bits per heavy atom. The first-order chi connectivity index (χ1) is 6.34. The van der Waals surface area contributed by atoms with Crippen LogP contribution in [-0.4, -0.2) is 18.3 Å². The van der Waals surface area contributed by atoms with Gasteiger partial charge in [0.05, 0.1) is 0 Å². The Balaban J connectivity index is 2.19. The monoisotopic (exact) mass is 217 g/mol. The van der Waals surface area contributed by atoms with E-state index in [9.17, 15) is 4.79 Å². The fourth-order valence-corrected chi connectivity index (χ4v) is 1.74. The molecular weight excluding hydrogens is 206 g/mol. The first kappa shape index (κ1) is 10.5. The van der Waals surface area contributed by atoms with Crippen molar-refractivity contribution in [2.24, 2.45) is 0 Å². The number of rotatable bonds is 5. The summed E-state index contributed by atoms with van der Waals surface area (Å²) in [6.45, 7) is 0.710. The van der Waals surface area contributed by atoms with Gasteiger partial charge in [0.1, 0.15) is 0 Å². The van der Waals surface area contributed by atoms with E-state index in [0.29, 0.717) is 12.4 Å². The molecule has 1 aromatic rings. The fourth-order valence-electron chi connectivity index (χ4n) is 0.917. The van der Waals surface area contributed by atoms with E-state index in [1.807, 2.05) is 16.8 Å². The molecule has 0 radical (unpaired) electrons. The van der Waals surface area contributed by atoms with E-state index in [1.54, 1.807) is 0 Å². The molecule has 0 aliphatic heterocycles. The van der Waals surface area contributed by atoms with Crippen molar-refractivity contribution in [3.63, 3.8) is 0 Å². The van der Waals surface area contributed by atoms with Gasteiger partial charge in [-0.25, -0.2) is 0 Å². The van der Waals surface area contributed by atoms with Gasteiger partial charge in [-0.05, 0) is 24.3 Å². The molecule has 0 saturated heterocycles. The number of hydrogen-bond acceptors (Lipinski definition) is 2. The zero-order valence-electron chi connectivity index (χ0n) is 7.25. The molecule has 1 N–H and O–H groups in total. The molecule has 1 aromatic heterocycles. The van der Waals surface area contributed by atoms with Gasteiger partial charge in [-0.2, -0.15) is 11.3 Å². The first-order valence-corrected chi connectivity index (χ1v) is 5.68. The van der Waals surface area contributed by atoms with Gasteiger partial charge in [0.15, 0.2) is 0 Å². The lowest BCUT2D eigenvalue weighted by Crippen LogP contribution is -2.23. The Bertz CT molecular complexity index is 248. The van der Waals surface area contributed by atoms with Crippen LogP contribution in [0.4, 0.5) is 0 Å². The summed E-state index contributed by atoms with van der Waals surface area (Å²) < 4.78 is 0. The number of alkyl halides is 1. The summed E-state index contributed by atoms with van der Waals surface area (Å²) in [4.78, 5) is 11.3. The summed E-state index contributed by atoms with van der Waals surface area (Å²) in [5.74, 6) is 0.671. The van der Waals surface area contributed by atoms with Crippen LogP contribution in [-0.2, 0) is 0 Å². The van der Waals surface area contributed by atoms with Crippen LogP contribution in [0.25, 0.3) is 0 Å². The maximum Gasteiger partial charge on any atom is 0.252 e. The zero-order chi connectivity index (χ0) is 9.52. The minimum absolute atomic E-state index is 0.0100. The zero-order valence-corrected chi connectivity index (χ0v) is 8.83. The Kier molecular flexibility index (Phi) is 4.86. The van der Waals surface area contributed by atoms with E-state index < -0.39 is 0 Å². The Hall–Kier alpha value is -0.540. The van der Waals surface area contributed by atoms with Gasteiger partial charge >= 0.3 is 0 Å². The average molecular weight is 218 g/mol. The molecule has 0 aromatic carbocycles. The van der Waals surface area contributed by atoms with E-state index in [1.165, 1.54) is 11.3 Å². The number of unbranched alkanes of at least 4 members (excludes halogenated alkanes) is 1. The van der Waals surface area contributed by atoms with Gasteiger partial charge in [0.2, 0.25) is 0 Å². The van der Waals surface area contributed by atoms with Crippen LogP contribution >= 0.6 is 22.9 Å². The minimum atomic E-state index is 0.0100. The second kappa shape index (κ2) is 6.00. The van der Waals surface area contributed by atoms with Crippen molar-refractivity contribution < 1.29 is 4.79 Å². The molecule has 13 heavy (non-hydrogen) atoms. The number of thiophene rings is 1. The van der Waals surface area contributed by atoms with Gasteiger partial charge in [-0.1, -0.05) is 0 Å². The van der Waals surface area contributed by atoms with Crippen LogP contribution in [0.5, 0.6) is 0 Å². The van der Waals surface area contributed by atoms with E-state index in [-0.39, 0.29) is 5.91 Å². The molecule has 2 nitrogen and oxygen atoms in total. The molecule has 1 rings (SSSR count). The summed E-state index contributed by atoms with van der Waals surface area (Å²) in [7, 11) is 0. The fraction of sp³-hybridized carbons (Fsp3) is 0.444. The Morgan fingerprint density at radius 3 is 3.00 bits per heavy atom. The van der Waals surface area contributed by atoms with Crippen LogP contribution in [0.3, 0.4) is 0 Å². The lowest BCUT2D eigenvalue weighted by atomic mass is 10.3. The lowest BCUT2D eigenvalue weighted by Gasteiger charge is -2.01. The highest BCUT2D eigenvalue weighted by molar-refractivity contribution is 7.08. The summed E-state index contributed by atoms with van der Waals surface area (Å²) in [6, 6.07) is 1.82. The molecule has 1 heterocycles. The summed E-state index contributed by atoms with van der Waals surface area (Å²) in [6.07, 6.45) is 1.89. The molecule has 0 spiro atoms. The molecule has 0 bridgehead atoms. The number of halogens is 1. The van der Waals surface area contributed by atoms with Crippen LogP contribution in [0.15, 0.2) is 16.8 Å². The van der Waals surface area contributed by atoms with Crippen molar-refractivity contribution in [1.82, 2.24) is 5.32 Å². The van der Waals surface area contributed by atoms with Crippen LogP contribution < -0.4 is 5.32 Å². The van der Waals surface area contributed by atoms with Gasteiger partial charge in [0, 0.05) is 23.4 Å². The van der Waals surface area contributed by atoms with Gasteiger partial charge in [-0.15, -0.1) is 11.6 Å². The third-order valence-electron chi connectivity index (χ3n) is 1.63. The predicted molar refractivity (Wildman–Crippen MR) is 56.6 cm³/mol. The van der Waals surface area contributed by atoms with Crippen molar-refractivity contribution in [2.75, 3.05) is 12.4 Å².